The van der Waals surface area contributed by atoms with E-state index in [-0.39, 0.29) is 6.03 Å². The highest BCUT2D eigenvalue weighted by Gasteiger charge is 2.15. The number of nitrogens with zero attached hydrogens (tertiary/aromatic N) is 2. The molecule has 0 bridgehead atoms. The molecular formula is C15H18N4OS. The summed E-state index contributed by atoms with van der Waals surface area (Å²) in [4.78, 5) is 18.1. The molecule has 21 heavy (non-hydrogen) atoms. The van der Waals surface area contributed by atoms with Crippen LogP contribution in [0.4, 0.5) is 9.93 Å². The van der Waals surface area contributed by atoms with E-state index in [4.69, 9.17) is 0 Å². The van der Waals surface area contributed by atoms with Crippen LogP contribution in [0, 0.1) is 0 Å². The third-order valence-corrected chi connectivity index (χ3v) is 4.26. The predicted molar refractivity (Wildman–Crippen MR) is 84.6 cm³/mol. The van der Waals surface area contributed by atoms with Gasteiger partial charge < -0.3 is 5.32 Å². The highest BCUT2D eigenvalue weighted by atomic mass is 32.1. The molecule has 0 saturated carbocycles. The minimum atomic E-state index is -0.192. The van der Waals surface area contributed by atoms with Gasteiger partial charge in [-0.25, -0.2) is 9.78 Å². The fourth-order valence-corrected chi connectivity index (χ4v) is 3.02. The monoisotopic (exact) mass is 302 g/mol. The van der Waals surface area contributed by atoms with E-state index in [1.165, 1.54) is 22.5 Å². The van der Waals surface area contributed by atoms with Crippen LogP contribution in [-0.4, -0.2) is 35.5 Å². The number of thiazole rings is 1. The van der Waals surface area contributed by atoms with Gasteiger partial charge in [0.2, 0.25) is 0 Å². The number of carbonyl (C=O) groups excluding carboxylic acids is 1. The van der Waals surface area contributed by atoms with E-state index < -0.39 is 0 Å². The van der Waals surface area contributed by atoms with Crippen LogP contribution in [0.5, 0.6) is 0 Å². The summed E-state index contributed by atoms with van der Waals surface area (Å²) in [6, 6.07) is 8.37. The summed E-state index contributed by atoms with van der Waals surface area (Å²) in [5.41, 5.74) is 2.85. The van der Waals surface area contributed by atoms with Crippen molar-refractivity contribution in [1.29, 1.82) is 0 Å². The van der Waals surface area contributed by atoms with Crippen molar-refractivity contribution in [3.8, 4) is 0 Å². The molecule has 0 radical (unpaired) electrons. The van der Waals surface area contributed by atoms with E-state index in [1.807, 2.05) is 5.38 Å². The number of urea groups is 1. The lowest BCUT2D eigenvalue weighted by molar-refractivity contribution is 0.239. The first-order chi connectivity index (χ1) is 10.3. The standard InChI is InChI=1S/C15H18N4OS/c20-14(18-15-17-7-10-21-15)16-6-9-19-8-5-12-3-1-2-4-13(12)11-19/h1-4,7,10H,5-6,8-9,11H2,(H2,16,17,18,20). The number of nitrogens with one attached hydrogen (secondary N) is 2. The van der Waals surface area contributed by atoms with Crippen molar-refractivity contribution in [2.24, 2.45) is 0 Å². The third-order valence-electron chi connectivity index (χ3n) is 3.58. The number of carbonyl (C=O) groups is 1. The highest BCUT2D eigenvalue weighted by molar-refractivity contribution is 7.13. The van der Waals surface area contributed by atoms with E-state index in [0.717, 1.165) is 26.1 Å². The van der Waals surface area contributed by atoms with Gasteiger partial charge in [-0.05, 0) is 17.5 Å². The number of rotatable bonds is 4. The molecule has 110 valence electrons. The number of amides is 2. The van der Waals surface area contributed by atoms with Gasteiger partial charge in [0.15, 0.2) is 5.13 Å². The first-order valence-corrected chi connectivity index (χ1v) is 7.93. The topological polar surface area (TPSA) is 57.3 Å². The van der Waals surface area contributed by atoms with Gasteiger partial charge in [-0.2, -0.15) is 0 Å². The smallest absolute Gasteiger partial charge is 0.321 e. The van der Waals surface area contributed by atoms with Crippen LogP contribution in [0.15, 0.2) is 35.8 Å². The minimum absolute atomic E-state index is 0.192. The number of aromatic nitrogens is 1. The van der Waals surface area contributed by atoms with Crippen molar-refractivity contribution in [2.75, 3.05) is 25.0 Å². The molecule has 0 fully saturated rings. The Balaban J connectivity index is 1.41. The van der Waals surface area contributed by atoms with Gasteiger partial charge in [0, 0.05) is 37.8 Å². The van der Waals surface area contributed by atoms with Crippen molar-refractivity contribution in [3.63, 3.8) is 0 Å². The maximum Gasteiger partial charge on any atom is 0.321 e. The Labute approximate surface area is 128 Å². The van der Waals surface area contributed by atoms with Gasteiger partial charge in [-0.3, -0.25) is 10.2 Å². The van der Waals surface area contributed by atoms with Gasteiger partial charge in [0.05, 0.1) is 0 Å². The molecular weight excluding hydrogens is 284 g/mol. The average molecular weight is 302 g/mol. The molecule has 0 atom stereocenters. The number of hydrogen-bond donors (Lipinski definition) is 2. The molecule has 2 N–H and O–H groups in total. The summed E-state index contributed by atoms with van der Waals surface area (Å²) in [6.45, 7) is 3.51. The second-order valence-corrected chi connectivity index (χ2v) is 5.91. The summed E-state index contributed by atoms with van der Waals surface area (Å²) in [6.07, 6.45) is 2.76. The van der Waals surface area contributed by atoms with Crippen molar-refractivity contribution in [1.82, 2.24) is 15.2 Å². The molecule has 2 heterocycles. The van der Waals surface area contributed by atoms with Crippen molar-refractivity contribution in [2.45, 2.75) is 13.0 Å². The molecule has 0 aliphatic carbocycles. The Kier molecular flexibility index (Phi) is 4.47. The molecule has 3 rings (SSSR count). The molecule has 0 unspecified atom stereocenters. The summed E-state index contributed by atoms with van der Waals surface area (Å²) in [7, 11) is 0. The quantitative estimate of drug-likeness (QED) is 0.911. The Morgan fingerprint density at radius 1 is 1.33 bits per heavy atom. The lowest BCUT2D eigenvalue weighted by Crippen LogP contribution is -2.39. The first kappa shape index (κ1) is 14.0. The molecule has 1 aromatic carbocycles. The predicted octanol–water partition coefficient (Wildman–Crippen LogP) is 2.32. The zero-order valence-electron chi connectivity index (χ0n) is 11.7. The van der Waals surface area contributed by atoms with Crippen LogP contribution >= 0.6 is 11.3 Å². The van der Waals surface area contributed by atoms with Crippen LogP contribution in [0.3, 0.4) is 0 Å². The normalized spacial score (nSPS) is 14.5. The second-order valence-electron chi connectivity index (χ2n) is 5.01. The summed E-state index contributed by atoms with van der Waals surface area (Å²) in [5, 5.41) is 8.04. The average Bonchev–Trinajstić information content (AvgIpc) is 3.00. The molecule has 2 aromatic rings. The zero-order chi connectivity index (χ0) is 14.5. The Morgan fingerprint density at radius 2 is 2.19 bits per heavy atom. The Bertz CT molecular complexity index is 599. The van der Waals surface area contributed by atoms with E-state index >= 15 is 0 Å². The SMILES string of the molecule is O=C(NCCN1CCc2ccccc2C1)Nc1nccs1. The van der Waals surface area contributed by atoms with Crippen molar-refractivity contribution in [3.05, 3.63) is 47.0 Å². The molecule has 1 aliphatic rings. The summed E-state index contributed by atoms with van der Waals surface area (Å²) in [5.74, 6) is 0. The summed E-state index contributed by atoms with van der Waals surface area (Å²) >= 11 is 1.41. The number of anilines is 1. The molecule has 6 heteroatoms. The van der Waals surface area contributed by atoms with Gasteiger partial charge in [0.1, 0.15) is 0 Å². The molecule has 1 aliphatic heterocycles. The van der Waals surface area contributed by atoms with Crippen LogP contribution in [0.1, 0.15) is 11.1 Å². The fourth-order valence-electron chi connectivity index (χ4n) is 2.50. The van der Waals surface area contributed by atoms with Crippen LogP contribution < -0.4 is 10.6 Å². The van der Waals surface area contributed by atoms with Crippen LogP contribution in [0.25, 0.3) is 0 Å². The van der Waals surface area contributed by atoms with E-state index in [1.54, 1.807) is 6.20 Å². The van der Waals surface area contributed by atoms with Gasteiger partial charge in [-0.1, -0.05) is 24.3 Å². The van der Waals surface area contributed by atoms with Crippen molar-refractivity contribution < 1.29 is 4.79 Å². The Morgan fingerprint density at radius 3 is 3.00 bits per heavy atom. The molecule has 1 aromatic heterocycles. The lowest BCUT2D eigenvalue weighted by atomic mass is 10.00. The van der Waals surface area contributed by atoms with E-state index in [0.29, 0.717) is 11.7 Å². The van der Waals surface area contributed by atoms with E-state index in [2.05, 4.69) is 44.8 Å². The van der Waals surface area contributed by atoms with Gasteiger partial charge >= 0.3 is 6.03 Å². The van der Waals surface area contributed by atoms with E-state index in [9.17, 15) is 4.79 Å². The van der Waals surface area contributed by atoms with Crippen molar-refractivity contribution >= 4 is 22.5 Å². The molecule has 5 nitrogen and oxygen atoms in total. The summed E-state index contributed by atoms with van der Waals surface area (Å²) < 4.78 is 0. The first-order valence-electron chi connectivity index (χ1n) is 7.05. The number of fused-ring (bicyclic) bond motifs is 1. The fraction of sp³-hybridized carbons (Fsp3) is 0.333. The number of hydrogen-bond acceptors (Lipinski definition) is 4. The Hall–Kier alpha value is -1.92. The highest BCUT2D eigenvalue weighted by Crippen LogP contribution is 2.17. The molecule has 0 saturated heterocycles. The lowest BCUT2D eigenvalue weighted by Gasteiger charge is -2.28. The maximum atomic E-state index is 11.7. The van der Waals surface area contributed by atoms with Gasteiger partial charge in [0.25, 0.3) is 0 Å². The molecule has 2 amide bonds. The van der Waals surface area contributed by atoms with Crippen LogP contribution in [0.2, 0.25) is 0 Å². The molecule has 0 spiro atoms. The minimum Gasteiger partial charge on any atom is -0.337 e. The van der Waals surface area contributed by atoms with Crippen LogP contribution in [-0.2, 0) is 13.0 Å². The largest absolute Gasteiger partial charge is 0.337 e. The number of benzene rings is 1. The second kappa shape index (κ2) is 6.69. The maximum absolute atomic E-state index is 11.7. The zero-order valence-corrected chi connectivity index (χ0v) is 12.5. The third kappa shape index (κ3) is 3.80. The van der Waals surface area contributed by atoms with Gasteiger partial charge in [-0.15, -0.1) is 11.3 Å².